The SMILES string of the molecule is CCc1ccc(C(=O)N2CCC(c3cc(C(=O)N4CCCC(C(N)=O)C4)on3)CC2)s1. The number of aromatic nitrogens is 1. The van der Waals surface area contributed by atoms with Crippen LogP contribution < -0.4 is 5.73 Å². The summed E-state index contributed by atoms with van der Waals surface area (Å²) in [6, 6.07) is 5.65. The van der Waals surface area contributed by atoms with E-state index in [1.165, 1.54) is 4.88 Å². The number of nitrogens with zero attached hydrogens (tertiary/aromatic N) is 3. The van der Waals surface area contributed by atoms with Crippen molar-refractivity contribution in [3.8, 4) is 0 Å². The molecule has 9 heteroatoms. The topological polar surface area (TPSA) is 110 Å². The van der Waals surface area contributed by atoms with E-state index in [2.05, 4.69) is 12.1 Å². The molecular weight excluding hydrogens is 416 g/mol. The van der Waals surface area contributed by atoms with Crippen LogP contribution in [0.4, 0.5) is 0 Å². The summed E-state index contributed by atoms with van der Waals surface area (Å²) in [6.07, 6.45) is 3.96. The van der Waals surface area contributed by atoms with Gasteiger partial charge in [0.25, 0.3) is 11.8 Å². The number of amides is 3. The fourth-order valence-corrected chi connectivity index (χ4v) is 5.26. The molecule has 3 amide bonds. The molecule has 0 bridgehead atoms. The summed E-state index contributed by atoms with van der Waals surface area (Å²) in [4.78, 5) is 42.5. The van der Waals surface area contributed by atoms with Gasteiger partial charge in [-0.25, -0.2) is 0 Å². The first-order valence-electron chi connectivity index (χ1n) is 10.9. The van der Waals surface area contributed by atoms with Crippen LogP contribution in [0.25, 0.3) is 0 Å². The smallest absolute Gasteiger partial charge is 0.292 e. The summed E-state index contributed by atoms with van der Waals surface area (Å²) < 4.78 is 5.35. The second-order valence-corrected chi connectivity index (χ2v) is 9.46. The monoisotopic (exact) mass is 444 g/mol. The maximum Gasteiger partial charge on any atom is 0.292 e. The predicted molar refractivity (Wildman–Crippen MR) is 116 cm³/mol. The van der Waals surface area contributed by atoms with E-state index in [1.807, 2.05) is 17.0 Å². The second kappa shape index (κ2) is 9.21. The minimum Gasteiger partial charge on any atom is -0.369 e. The molecule has 0 aliphatic carbocycles. The van der Waals surface area contributed by atoms with Gasteiger partial charge < -0.3 is 20.1 Å². The number of carbonyl (C=O) groups excluding carboxylic acids is 3. The van der Waals surface area contributed by atoms with Gasteiger partial charge in [0.15, 0.2) is 0 Å². The van der Waals surface area contributed by atoms with E-state index in [0.717, 1.165) is 36.3 Å². The maximum atomic E-state index is 12.8. The number of hydrogen-bond donors (Lipinski definition) is 1. The Morgan fingerprint density at radius 1 is 1.13 bits per heavy atom. The molecule has 2 N–H and O–H groups in total. The molecule has 1 atom stereocenters. The van der Waals surface area contributed by atoms with Crippen LogP contribution in [-0.4, -0.2) is 58.9 Å². The zero-order valence-corrected chi connectivity index (χ0v) is 18.5. The lowest BCUT2D eigenvalue weighted by atomic mass is 9.93. The number of nitrogens with two attached hydrogens (primary N) is 1. The molecule has 0 saturated carbocycles. The number of primary amides is 1. The molecule has 166 valence electrons. The number of rotatable bonds is 5. The van der Waals surface area contributed by atoms with Gasteiger partial charge in [0.1, 0.15) is 0 Å². The molecule has 2 aromatic heterocycles. The zero-order valence-electron chi connectivity index (χ0n) is 17.7. The zero-order chi connectivity index (χ0) is 22.0. The lowest BCUT2D eigenvalue weighted by molar-refractivity contribution is -0.123. The number of hydrogen-bond acceptors (Lipinski definition) is 6. The van der Waals surface area contributed by atoms with Crippen LogP contribution in [0.15, 0.2) is 22.7 Å². The van der Waals surface area contributed by atoms with Gasteiger partial charge in [-0.3, -0.25) is 14.4 Å². The summed E-state index contributed by atoms with van der Waals surface area (Å²) in [5, 5.41) is 4.14. The first-order valence-corrected chi connectivity index (χ1v) is 11.7. The molecule has 2 saturated heterocycles. The molecule has 31 heavy (non-hydrogen) atoms. The van der Waals surface area contributed by atoms with Crippen molar-refractivity contribution in [1.82, 2.24) is 15.0 Å². The number of thiophene rings is 1. The maximum absolute atomic E-state index is 12.8. The normalized spacial score (nSPS) is 20.1. The summed E-state index contributed by atoms with van der Waals surface area (Å²) in [6.45, 7) is 4.31. The van der Waals surface area contributed by atoms with Crippen LogP contribution in [0.5, 0.6) is 0 Å². The average molecular weight is 445 g/mol. The van der Waals surface area contributed by atoms with Gasteiger partial charge in [0, 0.05) is 43.0 Å². The fraction of sp³-hybridized carbons (Fsp3) is 0.545. The number of aryl methyl sites for hydroxylation is 1. The van der Waals surface area contributed by atoms with Crippen molar-refractivity contribution < 1.29 is 18.9 Å². The van der Waals surface area contributed by atoms with E-state index >= 15 is 0 Å². The average Bonchev–Trinajstić information content (AvgIpc) is 3.48. The van der Waals surface area contributed by atoms with Crippen molar-refractivity contribution in [2.45, 2.75) is 44.9 Å². The molecule has 4 heterocycles. The Bertz CT molecular complexity index is 960. The Kier molecular flexibility index (Phi) is 6.41. The van der Waals surface area contributed by atoms with Gasteiger partial charge >= 0.3 is 0 Å². The molecule has 0 aromatic carbocycles. The minimum atomic E-state index is -0.370. The Hall–Kier alpha value is -2.68. The van der Waals surface area contributed by atoms with Crippen LogP contribution in [-0.2, 0) is 11.2 Å². The Labute approximate surface area is 185 Å². The first kappa shape index (κ1) is 21.5. The van der Waals surface area contributed by atoms with E-state index in [-0.39, 0.29) is 35.3 Å². The number of piperidine rings is 2. The van der Waals surface area contributed by atoms with Crippen LogP contribution in [0.3, 0.4) is 0 Å². The minimum absolute atomic E-state index is 0.0910. The number of carbonyl (C=O) groups is 3. The van der Waals surface area contributed by atoms with Crippen molar-refractivity contribution in [3.63, 3.8) is 0 Å². The van der Waals surface area contributed by atoms with Crippen LogP contribution >= 0.6 is 11.3 Å². The molecule has 8 nitrogen and oxygen atoms in total. The fourth-order valence-electron chi connectivity index (χ4n) is 4.35. The highest BCUT2D eigenvalue weighted by atomic mass is 32.1. The van der Waals surface area contributed by atoms with Gasteiger partial charge in [0.2, 0.25) is 11.7 Å². The third-order valence-electron chi connectivity index (χ3n) is 6.27. The molecule has 4 rings (SSSR count). The third kappa shape index (κ3) is 4.66. The summed E-state index contributed by atoms with van der Waals surface area (Å²) in [7, 11) is 0. The number of likely N-dealkylation sites (tertiary alicyclic amines) is 2. The van der Waals surface area contributed by atoms with Crippen molar-refractivity contribution in [3.05, 3.63) is 39.4 Å². The van der Waals surface area contributed by atoms with E-state index in [0.29, 0.717) is 32.6 Å². The lowest BCUT2D eigenvalue weighted by Gasteiger charge is -2.31. The molecule has 2 fully saturated rings. The van der Waals surface area contributed by atoms with Crippen LogP contribution in [0.1, 0.15) is 69.3 Å². The second-order valence-electron chi connectivity index (χ2n) is 8.29. The standard InChI is InChI=1S/C22H28N4O4S/c1-2-16-5-6-19(31-16)22(29)25-10-7-14(8-11-25)17-12-18(30-24-17)21(28)26-9-3-4-15(13-26)20(23)27/h5-6,12,14-15H,2-4,7-11,13H2,1H3,(H2,23,27). The van der Waals surface area contributed by atoms with Gasteiger partial charge in [0.05, 0.1) is 16.5 Å². The largest absolute Gasteiger partial charge is 0.369 e. The highest BCUT2D eigenvalue weighted by molar-refractivity contribution is 7.14. The van der Waals surface area contributed by atoms with Crippen molar-refractivity contribution in [1.29, 1.82) is 0 Å². The van der Waals surface area contributed by atoms with Gasteiger partial charge in [-0.15, -0.1) is 11.3 Å². The summed E-state index contributed by atoms with van der Waals surface area (Å²) in [5.41, 5.74) is 6.16. The molecule has 2 aromatic rings. The first-order chi connectivity index (χ1) is 15.0. The molecule has 0 spiro atoms. The van der Waals surface area contributed by atoms with Crippen LogP contribution in [0, 0.1) is 5.92 Å². The van der Waals surface area contributed by atoms with E-state index in [4.69, 9.17) is 10.3 Å². The Morgan fingerprint density at radius 2 is 1.90 bits per heavy atom. The molecule has 2 aliphatic heterocycles. The highest BCUT2D eigenvalue weighted by Gasteiger charge is 2.31. The molecule has 1 unspecified atom stereocenters. The molecular formula is C22H28N4O4S. The van der Waals surface area contributed by atoms with Crippen molar-refractivity contribution in [2.24, 2.45) is 11.7 Å². The van der Waals surface area contributed by atoms with Crippen LogP contribution in [0.2, 0.25) is 0 Å². The molecule has 2 aliphatic rings. The van der Waals surface area contributed by atoms with E-state index < -0.39 is 0 Å². The summed E-state index contributed by atoms with van der Waals surface area (Å²) in [5.74, 6) is -0.479. The van der Waals surface area contributed by atoms with E-state index in [1.54, 1.807) is 22.3 Å². The van der Waals surface area contributed by atoms with Crippen molar-refractivity contribution >= 4 is 29.1 Å². The quantitative estimate of drug-likeness (QED) is 0.762. The molecule has 0 radical (unpaired) electrons. The van der Waals surface area contributed by atoms with E-state index in [9.17, 15) is 14.4 Å². The van der Waals surface area contributed by atoms with Crippen molar-refractivity contribution in [2.75, 3.05) is 26.2 Å². The lowest BCUT2D eigenvalue weighted by Crippen LogP contribution is -2.44. The Morgan fingerprint density at radius 3 is 2.58 bits per heavy atom. The Balaban J connectivity index is 1.34. The summed E-state index contributed by atoms with van der Waals surface area (Å²) >= 11 is 1.56. The van der Waals surface area contributed by atoms with Gasteiger partial charge in [-0.1, -0.05) is 12.1 Å². The highest BCUT2D eigenvalue weighted by Crippen LogP contribution is 2.30. The third-order valence-corrected chi connectivity index (χ3v) is 7.49. The predicted octanol–water partition coefficient (Wildman–Crippen LogP) is 2.66. The van der Waals surface area contributed by atoms with Gasteiger partial charge in [-0.05, 0) is 44.2 Å². The van der Waals surface area contributed by atoms with Gasteiger partial charge in [-0.2, -0.15) is 0 Å².